The van der Waals surface area contributed by atoms with Gasteiger partial charge >= 0.3 is 12.1 Å². The highest BCUT2D eigenvalue weighted by Gasteiger charge is 2.30. The highest BCUT2D eigenvalue weighted by atomic mass is 19.4. The number of esters is 1. The number of nitrogens with zero attached hydrogens (tertiary/aromatic N) is 2. The van der Waals surface area contributed by atoms with Crippen molar-refractivity contribution in [3.05, 3.63) is 47.2 Å². The smallest absolute Gasteiger partial charge is 0.416 e. The molecule has 2 aromatic rings. The largest absolute Gasteiger partial charge is 0.473 e. The van der Waals surface area contributed by atoms with E-state index >= 15 is 0 Å². The van der Waals surface area contributed by atoms with Gasteiger partial charge in [-0.25, -0.2) is 0 Å². The van der Waals surface area contributed by atoms with Gasteiger partial charge in [0.2, 0.25) is 5.88 Å². The lowest BCUT2D eigenvalue weighted by Gasteiger charge is -2.10. The number of hydrogen-bond acceptors (Lipinski definition) is 5. The zero-order valence-corrected chi connectivity index (χ0v) is 16.2. The van der Waals surface area contributed by atoms with Crippen LogP contribution in [0.4, 0.5) is 13.2 Å². The Labute approximate surface area is 165 Å². The first kappa shape index (κ1) is 22.3. The van der Waals surface area contributed by atoms with Gasteiger partial charge in [0.25, 0.3) is 5.91 Å². The average molecular weight is 413 g/mol. The van der Waals surface area contributed by atoms with Gasteiger partial charge in [-0.2, -0.15) is 13.2 Å². The van der Waals surface area contributed by atoms with Crippen molar-refractivity contribution < 1.29 is 32.2 Å². The maximum absolute atomic E-state index is 12.6. The van der Waals surface area contributed by atoms with Crippen LogP contribution in [-0.2, 0) is 28.8 Å². The van der Waals surface area contributed by atoms with Crippen molar-refractivity contribution in [3.63, 3.8) is 0 Å². The second-order valence-electron chi connectivity index (χ2n) is 6.39. The molecule has 0 fully saturated rings. The van der Waals surface area contributed by atoms with Gasteiger partial charge in [0.1, 0.15) is 12.1 Å². The molecule has 7 nitrogen and oxygen atoms in total. The minimum absolute atomic E-state index is 0.0150. The van der Waals surface area contributed by atoms with E-state index in [1.807, 2.05) is 0 Å². The first-order valence-corrected chi connectivity index (χ1v) is 8.94. The summed E-state index contributed by atoms with van der Waals surface area (Å²) in [7, 11) is 0. The van der Waals surface area contributed by atoms with Crippen LogP contribution in [0.2, 0.25) is 0 Å². The summed E-state index contributed by atoms with van der Waals surface area (Å²) in [6, 6.07) is 4.48. The topological polar surface area (TPSA) is 82.5 Å². The molecular weight excluding hydrogens is 391 g/mol. The van der Waals surface area contributed by atoms with E-state index in [2.05, 4.69) is 10.4 Å². The van der Waals surface area contributed by atoms with Crippen LogP contribution in [-0.4, -0.2) is 34.4 Å². The highest BCUT2D eigenvalue weighted by Crippen LogP contribution is 2.29. The average Bonchev–Trinajstić information content (AvgIpc) is 3.00. The van der Waals surface area contributed by atoms with Crippen LogP contribution in [0.1, 0.15) is 42.3 Å². The molecule has 2 rings (SSSR count). The number of halogens is 3. The third kappa shape index (κ3) is 6.51. The fourth-order valence-electron chi connectivity index (χ4n) is 2.38. The van der Waals surface area contributed by atoms with E-state index in [1.54, 1.807) is 20.8 Å². The lowest BCUT2D eigenvalue weighted by Crippen LogP contribution is -2.23. The van der Waals surface area contributed by atoms with E-state index in [0.717, 1.165) is 12.1 Å². The van der Waals surface area contributed by atoms with Crippen molar-refractivity contribution >= 4 is 11.9 Å². The molecule has 0 unspecified atom stereocenters. The summed E-state index contributed by atoms with van der Waals surface area (Å²) in [5.74, 6) is -0.993. The van der Waals surface area contributed by atoms with E-state index in [0.29, 0.717) is 5.56 Å². The summed E-state index contributed by atoms with van der Waals surface area (Å²) in [5.41, 5.74) is -0.160. The number of alkyl halides is 3. The highest BCUT2D eigenvalue weighted by molar-refractivity contribution is 5.96. The second-order valence-corrected chi connectivity index (χ2v) is 6.39. The van der Waals surface area contributed by atoms with Gasteiger partial charge in [-0.1, -0.05) is 12.1 Å². The maximum atomic E-state index is 12.6. The van der Waals surface area contributed by atoms with E-state index in [4.69, 9.17) is 9.47 Å². The number of ether oxygens (including phenoxy) is 2. The summed E-state index contributed by atoms with van der Waals surface area (Å²) in [5, 5.41) is 6.70. The Kier molecular flexibility index (Phi) is 7.24. The van der Waals surface area contributed by atoms with Crippen molar-refractivity contribution in [1.29, 1.82) is 0 Å². The summed E-state index contributed by atoms with van der Waals surface area (Å²) in [4.78, 5) is 24.2. The van der Waals surface area contributed by atoms with Gasteiger partial charge in [-0.15, -0.1) is 5.10 Å². The second kappa shape index (κ2) is 9.44. The molecule has 1 amide bonds. The molecule has 0 aliphatic heterocycles. The molecule has 0 radical (unpaired) electrons. The van der Waals surface area contributed by atoms with Gasteiger partial charge in [0, 0.05) is 12.7 Å². The third-order valence-electron chi connectivity index (χ3n) is 3.65. The molecule has 0 spiro atoms. The molecule has 29 heavy (non-hydrogen) atoms. The molecule has 0 saturated carbocycles. The van der Waals surface area contributed by atoms with Crippen molar-refractivity contribution in [3.8, 4) is 5.88 Å². The lowest BCUT2D eigenvalue weighted by atomic mass is 10.1. The Morgan fingerprint density at radius 1 is 1.21 bits per heavy atom. The molecule has 10 heteroatoms. The Hall–Kier alpha value is -3.04. The van der Waals surface area contributed by atoms with Gasteiger partial charge in [0.15, 0.2) is 0 Å². The van der Waals surface area contributed by atoms with Crippen molar-refractivity contribution in [2.45, 2.75) is 46.1 Å². The van der Waals surface area contributed by atoms with Crippen LogP contribution in [0.15, 0.2) is 30.5 Å². The number of benzene rings is 1. The first-order chi connectivity index (χ1) is 13.6. The van der Waals surface area contributed by atoms with Crippen molar-refractivity contribution in [2.75, 3.05) is 6.61 Å². The zero-order valence-electron chi connectivity index (χ0n) is 16.2. The van der Waals surface area contributed by atoms with Crippen LogP contribution >= 0.6 is 0 Å². The summed E-state index contributed by atoms with van der Waals surface area (Å²) >= 11 is 0. The Morgan fingerprint density at radius 2 is 1.86 bits per heavy atom. The predicted octanol–water partition coefficient (Wildman–Crippen LogP) is 3.18. The molecule has 158 valence electrons. The van der Waals surface area contributed by atoms with Crippen LogP contribution in [0.25, 0.3) is 0 Å². The number of rotatable bonds is 8. The molecule has 0 atom stereocenters. The summed E-state index contributed by atoms with van der Waals surface area (Å²) in [6.07, 6.45) is -3.32. The van der Waals surface area contributed by atoms with E-state index in [9.17, 15) is 22.8 Å². The minimum Gasteiger partial charge on any atom is -0.473 e. The van der Waals surface area contributed by atoms with Crippen molar-refractivity contribution in [1.82, 2.24) is 15.1 Å². The van der Waals surface area contributed by atoms with Gasteiger partial charge < -0.3 is 14.8 Å². The number of hydrogen-bond donors (Lipinski definition) is 1. The van der Waals surface area contributed by atoms with E-state index in [1.165, 1.54) is 23.0 Å². The van der Waals surface area contributed by atoms with Crippen LogP contribution in [0, 0.1) is 0 Å². The molecule has 1 N–H and O–H groups in total. The van der Waals surface area contributed by atoms with Gasteiger partial charge in [-0.3, -0.25) is 14.3 Å². The minimum atomic E-state index is -4.42. The predicted molar refractivity (Wildman–Crippen MR) is 97.2 cm³/mol. The maximum Gasteiger partial charge on any atom is 0.416 e. The number of aromatic nitrogens is 2. The fourth-order valence-corrected chi connectivity index (χ4v) is 2.38. The molecule has 1 aromatic heterocycles. The number of nitrogens with one attached hydrogen (secondary N) is 1. The van der Waals surface area contributed by atoms with Crippen molar-refractivity contribution in [2.24, 2.45) is 0 Å². The Balaban J connectivity index is 2.09. The fraction of sp³-hybridized carbons (Fsp3) is 0.421. The molecule has 1 aromatic carbocycles. The summed E-state index contributed by atoms with van der Waals surface area (Å²) < 4.78 is 49.5. The normalized spacial score (nSPS) is 11.4. The monoisotopic (exact) mass is 413 g/mol. The van der Waals surface area contributed by atoms with Gasteiger partial charge in [0.05, 0.1) is 18.3 Å². The number of amides is 1. The molecule has 0 saturated heterocycles. The molecule has 0 aliphatic carbocycles. The standard InChI is InChI=1S/C19H22F3N3O4/c1-4-28-16(26)11-25-10-15(18(24-25)29-12(2)3)17(27)23-9-13-5-7-14(8-6-13)19(20,21)22/h5-8,10,12H,4,9,11H2,1-3H3,(H,23,27). The summed E-state index contributed by atoms with van der Waals surface area (Å²) in [6.45, 7) is 5.24. The van der Waals surface area contributed by atoms with Crippen LogP contribution < -0.4 is 10.1 Å². The number of carbonyl (C=O) groups excluding carboxylic acids is 2. The molecule has 0 bridgehead atoms. The van der Waals surface area contributed by atoms with Crippen LogP contribution in [0.3, 0.4) is 0 Å². The Morgan fingerprint density at radius 3 is 2.41 bits per heavy atom. The van der Waals surface area contributed by atoms with E-state index in [-0.39, 0.29) is 37.2 Å². The third-order valence-corrected chi connectivity index (χ3v) is 3.65. The Bertz CT molecular complexity index is 845. The molecule has 1 heterocycles. The molecular formula is C19H22F3N3O4. The molecule has 0 aliphatic rings. The zero-order chi connectivity index (χ0) is 21.6. The van der Waals surface area contributed by atoms with Gasteiger partial charge in [-0.05, 0) is 38.5 Å². The van der Waals surface area contributed by atoms with Crippen LogP contribution in [0.5, 0.6) is 5.88 Å². The van der Waals surface area contributed by atoms with E-state index < -0.39 is 23.6 Å². The number of carbonyl (C=O) groups is 2. The SMILES string of the molecule is CCOC(=O)Cn1cc(C(=O)NCc2ccc(C(F)(F)F)cc2)c(OC(C)C)n1. The quantitative estimate of drug-likeness (QED) is 0.672. The lowest BCUT2D eigenvalue weighted by molar-refractivity contribution is -0.144. The first-order valence-electron chi connectivity index (χ1n) is 8.94.